The molecule has 2 nitrogen and oxygen atoms in total. The maximum absolute atomic E-state index is 14.4. The molecule has 2 aliphatic rings. The van der Waals surface area contributed by atoms with E-state index in [1.807, 2.05) is 0 Å². The molecule has 2 atom stereocenters. The first-order valence-electron chi connectivity index (χ1n) is 9.86. The number of halogens is 2. The van der Waals surface area contributed by atoms with Crippen LogP contribution in [0.4, 0.5) is 8.78 Å². The Morgan fingerprint density at radius 2 is 1.68 bits per heavy atom. The Balaban J connectivity index is 1.58. The fourth-order valence-electron chi connectivity index (χ4n) is 4.52. The van der Waals surface area contributed by atoms with Gasteiger partial charge in [-0.2, -0.15) is 4.39 Å². The molecule has 0 bridgehead atoms. The zero-order valence-electron chi connectivity index (χ0n) is 15.4. The van der Waals surface area contributed by atoms with Gasteiger partial charge in [0, 0.05) is 5.56 Å². The average molecular weight is 352 g/mol. The van der Waals surface area contributed by atoms with Gasteiger partial charge in [0.2, 0.25) is 5.82 Å². The van der Waals surface area contributed by atoms with Crippen molar-refractivity contribution in [1.29, 1.82) is 0 Å². The highest BCUT2D eigenvalue weighted by atomic mass is 19.2. The molecular weight excluding hydrogens is 322 g/mol. The van der Waals surface area contributed by atoms with Crippen molar-refractivity contribution >= 4 is 0 Å². The van der Waals surface area contributed by atoms with Crippen LogP contribution in [0.25, 0.3) is 0 Å². The third-order valence-electron chi connectivity index (χ3n) is 6.17. The van der Waals surface area contributed by atoms with Crippen LogP contribution in [0.15, 0.2) is 12.1 Å². The van der Waals surface area contributed by atoms with E-state index in [0.29, 0.717) is 24.7 Å². The molecule has 1 aliphatic heterocycles. The van der Waals surface area contributed by atoms with E-state index in [2.05, 4.69) is 6.92 Å². The Bertz CT molecular complexity index is 559. The zero-order chi connectivity index (χ0) is 17.8. The van der Waals surface area contributed by atoms with Crippen molar-refractivity contribution < 1.29 is 18.3 Å². The molecule has 1 aromatic rings. The van der Waals surface area contributed by atoms with Crippen LogP contribution < -0.4 is 4.74 Å². The van der Waals surface area contributed by atoms with E-state index in [1.54, 1.807) is 13.0 Å². The van der Waals surface area contributed by atoms with E-state index < -0.39 is 11.6 Å². The Morgan fingerprint density at radius 1 is 0.960 bits per heavy atom. The summed E-state index contributed by atoms with van der Waals surface area (Å²) in [6, 6.07) is 3.12. The largest absolute Gasteiger partial charge is 0.491 e. The third-order valence-corrected chi connectivity index (χ3v) is 6.17. The van der Waals surface area contributed by atoms with Crippen LogP contribution in [-0.2, 0) is 4.74 Å². The van der Waals surface area contributed by atoms with Gasteiger partial charge < -0.3 is 9.47 Å². The number of hydrogen-bond donors (Lipinski definition) is 0. The Morgan fingerprint density at radius 3 is 2.28 bits per heavy atom. The van der Waals surface area contributed by atoms with Crippen LogP contribution in [0.2, 0.25) is 0 Å². The molecule has 3 rings (SSSR count). The van der Waals surface area contributed by atoms with Crippen molar-refractivity contribution in [2.75, 3.05) is 13.2 Å². The number of ether oxygens (including phenoxy) is 2. The first-order chi connectivity index (χ1) is 12.1. The van der Waals surface area contributed by atoms with Gasteiger partial charge in [-0.1, -0.05) is 26.2 Å². The Labute approximate surface area is 149 Å². The molecule has 1 saturated carbocycles. The van der Waals surface area contributed by atoms with E-state index in [-0.39, 0.29) is 11.9 Å². The highest BCUT2D eigenvalue weighted by molar-refractivity contribution is 5.32. The van der Waals surface area contributed by atoms with Crippen LogP contribution in [-0.4, -0.2) is 13.2 Å². The molecule has 1 saturated heterocycles. The second kappa shape index (κ2) is 8.48. The minimum Gasteiger partial charge on any atom is -0.491 e. The molecule has 0 radical (unpaired) electrons. The van der Waals surface area contributed by atoms with Gasteiger partial charge in [-0.25, -0.2) is 4.39 Å². The van der Waals surface area contributed by atoms with Crippen LogP contribution in [0.5, 0.6) is 5.75 Å². The molecule has 0 amide bonds. The molecule has 25 heavy (non-hydrogen) atoms. The summed E-state index contributed by atoms with van der Waals surface area (Å²) in [6.07, 6.45) is 8.02. The van der Waals surface area contributed by atoms with Crippen molar-refractivity contribution in [2.24, 2.45) is 17.8 Å². The summed E-state index contributed by atoms with van der Waals surface area (Å²) < 4.78 is 39.5. The molecule has 140 valence electrons. The van der Waals surface area contributed by atoms with Crippen LogP contribution >= 0.6 is 0 Å². The lowest BCUT2D eigenvalue weighted by Crippen LogP contribution is -2.30. The topological polar surface area (TPSA) is 18.5 Å². The molecule has 1 heterocycles. The molecule has 0 aromatic heterocycles. The summed E-state index contributed by atoms with van der Waals surface area (Å²) in [5, 5.41) is 0. The summed E-state index contributed by atoms with van der Waals surface area (Å²) in [5.74, 6) is 0.468. The highest BCUT2D eigenvalue weighted by Crippen LogP contribution is 2.42. The second-order valence-electron chi connectivity index (χ2n) is 7.56. The second-order valence-corrected chi connectivity index (χ2v) is 7.56. The SMILES string of the molecule is CCOc1ccc(C2CCC(C3CCC(CC)CC3)CO2)c(F)c1F. The van der Waals surface area contributed by atoms with Gasteiger partial charge in [-0.3, -0.25) is 0 Å². The van der Waals surface area contributed by atoms with Gasteiger partial charge in [-0.15, -0.1) is 0 Å². The molecule has 2 unspecified atom stereocenters. The van der Waals surface area contributed by atoms with E-state index in [4.69, 9.17) is 9.47 Å². The predicted octanol–water partition coefficient (Wildman–Crippen LogP) is 6.05. The van der Waals surface area contributed by atoms with Crippen LogP contribution in [0, 0.1) is 29.4 Å². The molecular formula is C21H30F2O2. The van der Waals surface area contributed by atoms with E-state index in [1.165, 1.54) is 38.2 Å². The highest BCUT2D eigenvalue weighted by Gasteiger charge is 2.33. The standard InChI is InChI=1S/C21H30F2O2/c1-3-14-5-7-15(8-6-14)16-9-11-18(25-13-16)17-10-12-19(24-4-2)21(23)20(17)22/h10,12,14-16,18H,3-9,11,13H2,1-2H3. The lowest BCUT2D eigenvalue weighted by Gasteiger charge is -2.38. The van der Waals surface area contributed by atoms with Gasteiger partial charge >= 0.3 is 0 Å². The fraction of sp³-hybridized carbons (Fsp3) is 0.714. The minimum absolute atomic E-state index is 0.0230. The molecule has 2 fully saturated rings. The van der Waals surface area contributed by atoms with Crippen LogP contribution in [0.3, 0.4) is 0 Å². The van der Waals surface area contributed by atoms with Gasteiger partial charge in [0.15, 0.2) is 11.6 Å². The van der Waals surface area contributed by atoms with Crippen molar-refractivity contribution in [3.8, 4) is 5.75 Å². The molecule has 1 aromatic carbocycles. The Kier molecular flexibility index (Phi) is 6.32. The third kappa shape index (κ3) is 4.16. The fourth-order valence-corrected chi connectivity index (χ4v) is 4.52. The van der Waals surface area contributed by atoms with E-state index >= 15 is 0 Å². The Hall–Kier alpha value is -1.16. The first-order valence-corrected chi connectivity index (χ1v) is 9.86. The van der Waals surface area contributed by atoms with Crippen molar-refractivity contribution in [1.82, 2.24) is 0 Å². The lowest BCUT2D eigenvalue weighted by molar-refractivity contribution is -0.0420. The van der Waals surface area contributed by atoms with Gasteiger partial charge in [0.25, 0.3) is 0 Å². The maximum atomic E-state index is 14.4. The number of hydrogen-bond acceptors (Lipinski definition) is 2. The molecule has 4 heteroatoms. The van der Waals surface area contributed by atoms with Crippen molar-refractivity contribution in [3.05, 3.63) is 29.3 Å². The van der Waals surface area contributed by atoms with E-state index in [9.17, 15) is 8.78 Å². The van der Waals surface area contributed by atoms with Crippen molar-refractivity contribution in [3.63, 3.8) is 0 Å². The summed E-state index contributed by atoms with van der Waals surface area (Å²) in [6.45, 7) is 5.02. The van der Waals surface area contributed by atoms with E-state index in [0.717, 1.165) is 24.7 Å². The average Bonchev–Trinajstić information content (AvgIpc) is 2.66. The van der Waals surface area contributed by atoms with Crippen LogP contribution in [0.1, 0.15) is 70.5 Å². The van der Waals surface area contributed by atoms with Gasteiger partial charge in [-0.05, 0) is 62.5 Å². The first kappa shape index (κ1) is 18.6. The maximum Gasteiger partial charge on any atom is 0.200 e. The predicted molar refractivity (Wildman–Crippen MR) is 94.7 cm³/mol. The smallest absolute Gasteiger partial charge is 0.200 e. The number of rotatable bonds is 5. The molecule has 0 spiro atoms. The summed E-state index contributed by atoms with van der Waals surface area (Å²) in [5.41, 5.74) is 0.328. The molecule has 0 N–H and O–H groups in total. The zero-order valence-corrected chi connectivity index (χ0v) is 15.4. The van der Waals surface area contributed by atoms with Gasteiger partial charge in [0.05, 0.1) is 19.3 Å². The van der Waals surface area contributed by atoms with Crippen molar-refractivity contribution in [2.45, 2.75) is 64.9 Å². The molecule has 1 aliphatic carbocycles. The normalized spacial score (nSPS) is 30.2. The van der Waals surface area contributed by atoms with Gasteiger partial charge in [0.1, 0.15) is 0 Å². The monoisotopic (exact) mass is 352 g/mol. The summed E-state index contributed by atoms with van der Waals surface area (Å²) >= 11 is 0. The summed E-state index contributed by atoms with van der Waals surface area (Å²) in [4.78, 5) is 0. The number of benzene rings is 1. The lowest BCUT2D eigenvalue weighted by atomic mass is 9.73. The quantitative estimate of drug-likeness (QED) is 0.642. The minimum atomic E-state index is -0.900. The summed E-state index contributed by atoms with van der Waals surface area (Å²) in [7, 11) is 0.